The Kier molecular flexibility index (Phi) is 32.7. The topological polar surface area (TPSA) is 304 Å². The average Bonchev–Trinajstić information content (AvgIpc) is 1.58. The van der Waals surface area contributed by atoms with Crippen LogP contribution in [0.1, 0.15) is 147 Å². The zero-order valence-electron chi connectivity index (χ0n) is 79.1. The summed E-state index contributed by atoms with van der Waals surface area (Å²) in [4.78, 5) is 29.6. The van der Waals surface area contributed by atoms with Gasteiger partial charge in [-0.05, 0) is 173 Å². The van der Waals surface area contributed by atoms with Crippen molar-refractivity contribution in [3.63, 3.8) is 0 Å². The summed E-state index contributed by atoms with van der Waals surface area (Å²) in [6, 6.07) is 51.6. The molecule has 0 radical (unpaired) electrons. The zero-order chi connectivity index (χ0) is 99.3. The van der Waals surface area contributed by atoms with Gasteiger partial charge in [-0.2, -0.15) is 54.4 Å². The zero-order valence-corrected chi connectivity index (χ0v) is 84.6. The number of hydrogen-bond donors (Lipinski definition) is 2. The van der Waals surface area contributed by atoms with Crippen LogP contribution in [0.3, 0.4) is 0 Å². The second-order valence-corrected chi connectivity index (χ2v) is 45.5. The average molecular weight is 2060 g/mol. The third kappa shape index (κ3) is 23.1. The van der Waals surface area contributed by atoms with Crippen LogP contribution >= 0.6 is 46.4 Å². The Morgan fingerprint density at radius 1 is 0.432 bits per heavy atom. The first kappa shape index (κ1) is 104. The number of alkyl halides is 6. The van der Waals surface area contributed by atoms with Crippen molar-refractivity contribution in [1.29, 1.82) is 0 Å². The summed E-state index contributed by atoms with van der Waals surface area (Å²) in [6.45, 7) is 22.4. The Morgan fingerprint density at radius 3 is 1.14 bits per heavy atom. The summed E-state index contributed by atoms with van der Waals surface area (Å²) < 4.78 is 199. The number of rotatable bonds is 26. The lowest BCUT2D eigenvalue weighted by atomic mass is 9.78. The summed E-state index contributed by atoms with van der Waals surface area (Å²) in [5.41, 5.74) is 13.5. The first-order valence-electron chi connectivity index (χ1n) is 46.7. The van der Waals surface area contributed by atoms with Crippen LogP contribution in [0.2, 0.25) is 20.2 Å². The molecule has 6 fully saturated rings. The van der Waals surface area contributed by atoms with E-state index in [0.717, 1.165) is 81.3 Å². The highest BCUT2D eigenvalue weighted by Gasteiger charge is 2.58. The SMILES string of the molecule is CCS(=O)(CC)=Nc1ccc(-c2ccc(-c3nc4nc(O[C@@H]5CO[C@H](CO)C5(F)F)[nH]c4cc3Cl)cc2)cc1.CCS(=O)(CC)=Nc1ccc(-c2ccc(B3OC(C)(C)C(C)(C)O3)cc2)cc1.CC[C@H]1OC[C@@H](Oc2nc3cc(Cl)c(-c4ccc(-c5ccc(N=S(=O)(CC)CC)cc5)cc4)nc3n2C2CCCCO2)C1(F)F.CC[C@H]1OC[C@@H](Oc2nc3cc(Cl)c(Cl)nc3n2C2CCCCO2)C1(F)F. The third-order valence-corrected chi connectivity index (χ3v) is 34.2. The maximum Gasteiger partial charge on any atom is 0.494 e. The highest BCUT2D eigenvalue weighted by Crippen LogP contribution is 2.46. The van der Waals surface area contributed by atoms with Crippen LogP contribution in [0, 0.1) is 0 Å². The molecule has 2 unspecified atom stereocenters. The van der Waals surface area contributed by atoms with Crippen molar-refractivity contribution in [3.8, 4) is 73.9 Å². The molecule has 6 aromatic carbocycles. The van der Waals surface area contributed by atoms with E-state index in [-0.39, 0.29) is 84.8 Å². The minimum atomic E-state index is -3.37. The van der Waals surface area contributed by atoms with Crippen molar-refractivity contribution in [2.24, 2.45) is 13.1 Å². The molecule has 26 nitrogen and oxygen atoms in total. The smallest absolute Gasteiger partial charge is 0.452 e. The van der Waals surface area contributed by atoms with Gasteiger partial charge in [-0.25, -0.2) is 27.6 Å². The number of nitrogens with one attached hydrogen (secondary N) is 1. The normalized spacial score (nSPS) is 21.4. The largest absolute Gasteiger partial charge is 0.494 e. The van der Waals surface area contributed by atoms with Gasteiger partial charge in [-0.15, -0.1) is 0 Å². The number of aliphatic hydroxyl groups is 1. The van der Waals surface area contributed by atoms with Crippen LogP contribution in [-0.4, -0.2) is 209 Å². The quantitative estimate of drug-likeness (QED) is 0.0289. The van der Waals surface area contributed by atoms with Crippen LogP contribution in [0.5, 0.6) is 18.0 Å². The summed E-state index contributed by atoms with van der Waals surface area (Å²) in [6.07, 6.45) is -3.95. The number of aliphatic hydroxyl groups excluding tert-OH is 1. The number of aromatic amines is 1. The molecule has 6 aromatic heterocycles. The number of ether oxygens (including phenoxy) is 8. The van der Waals surface area contributed by atoms with Gasteiger partial charge in [-0.3, -0.25) is 9.13 Å². The fraction of sp³-hybridized carbons (Fsp3) is 0.455. The van der Waals surface area contributed by atoms with Crippen molar-refractivity contribution >= 4 is 139 Å². The van der Waals surface area contributed by atoms with Gasteiger partial charge in [0, 0.05) is 58.9 Å². The summed E-state index contributed by atoms with van der Waals surface area (Å²) in [5.74, 6) is -6.44. The van der Waals surface area contributed by atoms with Crippen LogP contribution in [-0.2, 0) is 62.2 Å². The summed E-state index contributed by atoms with van der Waals surface area (Å²) in [7, 11) is -6.94. The molecule has 0 aliphatic carbocycles. The van der Waals surface area contributed by atoms with Crippen molar-refractivity contribution < 1.29 is 91.3 Å². The van der Waals surface area contributed by atoms with E-state index in [9.17, 15) is 30.2 Å². The van der Waals surface area contributed by atoms with E-state index in [1.165, 1.54) is 6.07 Å². The molecule has 18 rings (SSSR count). The third-order valence-electron chi connectivity index (χ3n) is 25.9. The van der Waals surface area contributed by atoms with Gasteiger partial charge in [0.15, 0.2) is 35.3 Å². The molecule has 0 spiro atoms. The van der Waals surface area contributed by atoms with Crippen molar-refractivity contribution in [3.05, 3.63) is 184 Å². The number of H-pyrrole nitrogens is 1. The number of fused-ring (bicyclic) bond motifs is 3. The Bertz CT molecular complexity index is 6700. The Balaban J connectivity index is 0.000000143. The van der Waals surface area contributed by atoms with E-state index in [2.05, 4.69) is 95.0 Å². The van der Waals surface area contributed by atoms with Crippen molar-refractivity contribution in [2.45, 2.75) is 213 Å². The van der Waals surface area contributed by atoms with E-state index >= 15 is 8.78 Å². The molecular formula is C99H113BCl4F6N12O14S3. The van der Waals surface area contributed by atoms with Crippen LogP contribution in [0.4, 0.5) is 43.4 Å². The van der Waals surface area contributed by atoms with Gasteiger partial charge in [0.1, 0.15) is 47.0 Å². The first-order valence-corrected chi connectivity index (χ1v) is 53.7. The van der Waals surface area contributed by atoms with Crippen LogP contribution in [0.15, 0.2) is 177 Å². The Morgan fingerprint density at radius 2 is 0.777 bits per heavy atom. The van der Waals surface area contributed by atoms with Gasteiger partial charge in [-0.1, -0.05) is 211 Å². The molecule has 12 aromatic rings. The number of nitrogens with zero attached hydrogens (tertiary/aromatic N) is 11. The Labute approximate surface area is 826 Å². The van der Waals surface area contributed by atoms with Crippen molar-refractivity contribution in [2.75, 3.05) is 74.2 Å². The van der Waals surface area contributed by atoms with Crippen LogP contribution in [0.25, 0.3) is 89.4 Å². The first-order chi connectivity index (χ1) is 66.3. The predicted molar refractivity (Wildman–Crippen MR) is 535 cm³/mol. The lowest BCUT2D eigenvalue weighted by Gasteiger charge is -2.32. The van der Waals surface area contributed by atoms with Gasteiger partial charge < -0.3 is 57.3 Å². The van der Waals surface area contributed by atoms with Gasteiger partial charge >= 0.3 is 36.9 Å². The lowest BCUT2D eigenvalue weighted by molar-refractivity contribution is -0.118. The standard InChI is InChI=1S/C33H37ClF2N4O4S.C27H27ClF2N4O4S.C22H30BNO3S.C17H19Cl2F2N3O3/c1-4-27-33(35,36)28(20-43-27)44-32-37-26-19-25(34)30(38-31(26)40(32)29-9-7-8-18-42-29)23-12-10-21(11-13-23)22-14-16-24(17-15-22)39-45(41,5-2)6-3;1-3-39(36,4-2)34-19-11-9-17(10-12-19)16-5-7-18(8-6-16)24-20(28)13-21-25(32-24)33-26(31-21)38-23-15-37-22(14-35)27(23,29)30;1-7-28(25,8-2)24-20-15-11-18(12-16-20)17-9-13-19(14-10-17)23-26-21(3,4)22(5,6)27-23;1-2-11-17(20,21)12(8-26-11)27-16-22-10-7-9(18)14(19)23-15(10)24(16)13-5-3-4-6-25-13/h10-17,19,27-29H,4-9,18,20H2,1-3H3;5-13,22-23,35H,3-4,14-15H2,1-2H3,(H,31,32,33);9-16H,7-8H2,1-6H3;7,11-13H,2-6,8H2,1H3/t27-,28-,29?;22-,23-;;11-,12-,13?/m11.1/s1. The van der Waals surface area contributed by atoms with E-state index in [4.69, 9.17) is 104 Å². The summed E-state index contributed by atoms with van der Waals surface area (Å²) >= 11 is 25.3. The number of pyridine rings is 3. The minimum absolute atomic E-state index is 0.00719. The molecule has 40 heteroatoms. The molecule has 2 N–H and O–H groups in total. The van der Waals surface area contributed by atoms with Crippen LogP contribution < -0.4 is 19.7 Å². The molecule has 0 saturated carbocycles. The molecule has 0 bridgehead atoms. The second-order valence-electron chi connectivity index (χ2n) is 35.3. The number of hydrogen-bond acceptors (Lipinski definition) is 23. The number of benzene rings is 6. The van der Waals surface area contributed by atoms with E-state index in [0.29, 0.717) is 121 Å². The summed E-state index contributed by atoms with van der Waals surface area (Å²) in [5, 5.41) is 10.1. The number of imidazole rings is 3. The monoisotopic (exact) mass is 2050 g/mol. The molecule has 139 heavy (non-hydrogen) atoms. The highest BCUT2D eigenvalue weighted by atomic mass is 35.5. The molecule has 6 saturated heterocycles. The fourth-order valence-corrected chi connectivity index (χ4v) is 20.9. The predicted octanol–water partition coefficient (Wildman–Crippen LogP) is 23.7. The van der Waals surface area contributed by atoms with Gasteiger partial charge in [0.2, 0.25) is 0 Å². The van der Waals surface area contributed by atoms with E-state index < -0.39 is 103 Å². The lowest BCUT2D eigenvalue weighted by Crippen LogP contribution is -2.43. The molecule has 0 amide bonds. The molecule has 6 aliphatic heterocycles. The van der Waals surface area contributed by atoms with Crippen molar-refractivity contribution in [1.82, 2.24) is 44.0 Å². The van der Waals surface area contributed by atoms with E-state index in [1.807, 2.05) is 163 Å². The molecular weight excluding hydrogens is 1940 g/mol. The molecule has 6 aliphatic rings. The van der Waals surface area contributed by atoms with E-state index in [1.54, 1.807) is 35.1 Å². The second kappa shape index (κ2) is 43.6. The highest BCUT2D eigenvalue weighted by molar-refractivity contribution is 7.94. The maximum absolute atomic E-state index is 15.0. The minimum Gasteiger partial charge on any atom is -0.452 e. The van der Waals surface area contributed by atoms with Gasteiger partial charge in [0.05, 0.1) is 116 Å². The van der Waals surface area contributed by atoms with Gasteiger partial charge in [0.25, 0.3) is 6.01 Å². The number of aromatic nitrogens is 9. The number of halogens is 10. The molecule has 8 atom stereocenters. The fourth-order valence-electron chi connectivity index (χ4n) is 16.6. The molecule has 744 valence electrons. The Hall–Kier alpha value is -9.09. The molecule has 12 heterocycles. The maximum atomic E-state index is 15.0.